The smallest absolute Gasteiger partial charge is 0.218 e. The van der Waals surface area contributed by atoms with Gasteiger partial charge in [0.2, 0.25) is 9.84 Å². The van der Waals surface area contributed by atoms with Crippen molar-refractivity contribution in [2.24, 2.45) is 0 Å². The molecule has 1 aromatic rings. The van der Waals surface area contributed by atoms with E-state index in [-0.39, 0.29) is 9.80 Å². The summed E-state index contributed by atoms with van der Waals surface area (Å²) in [6, 6.07) is 8.38. The van der Waals surface area contributed by atoms with Gasteiger partial charge in [-0.15, -0.1) is 0 Å². The largest absolute Gasteiger partial charge is 0.373 e. The van der Waals surface area contributed by atoms with Crippen LogP contribution in [0.1, 0.15) is 5.56 Å². The minimum absolute atomic E-state index is 0.162. The highest BCUT2D eigenvalue weighted by atomic mass is 32.2. The van der Waals surface area contributed by atoms with Crippen LogP contribution in [0.5, 0.6) is 0 Å². The molecule has 1 aromatic carbocycles. The molecule has 0 radical (unpaired) electrons. The van der Waals surface area contributed by atoms with Gasteiger partial charge in [-0.3, -0.25) is 0 Å². The molecule has 0 aromatic heterocycles. The Labute approximate surface area is 126 Å². The molecule has 5 nitrogen and oxygen atoms in total. The fourth-order valence-electron chi connectivity index (χ4n) is 2.12. The molecule has 6 heteroatoms. The van der Waals surface area contributed by atoms with Gasteiger partial charge in [-0.1, -0.05) is 17.7 Å². The van der Waals surface area contributed by atoms with Gasteiger partial charge in [-0.25, -0.2) is 8.42 Å². The summed E-state index contributed by atoms with van der Waals surface area (Å²) in [5.41, 5.74) is 0.982. The molecule has 1 aliphatic rings. The Balaban J connectivity index is 2.28. The first kappa shape index (κ1) is 15.5. The van der Waals surface area contributed by atoms with Gasteiger partial charge in [-0.2, -0.15) is 5.26 Å². The molecule has 0 N–H and O–H groups in total. The lowest BCUT2D eigenvalue weighted by Crippen LogP contribution is -2.42. The van der Waals surface area contributed by atoms with Gasteiger partial charge in [0.25, 0.3) is 0 Å². The number of aryl methyl sites for hydroxylation is 1. The highest BCUT2D eigenvalue weighted by Gasteiger charge is 2.22. The zero-order chi connectivity index (χ0) is 15.5. The van der Waals surface area contributed by atoms with Crippen LogP contribution in [0.3, 0.4) is 0 Å². The van der Waals surface area contributed by atoms with E-state index >= 15 is 0 Å². The second kappa shape index (κ2) is 6.29. The second-order valence-corrected chi connectivity index (χ2v) is 7.18. The molecule has 1 fully saturated rings. The van der Waals surface area contributed by atoms with Gasteiger partial charge in [0.1, 0.15) is 6.07 Å². The predicted octanol–water partition coefficient (Wildman–Crippen LogP) is 1.38. The summed E-state index contributed by atoms with van der Waals surface area (Å²) in [7, 11) is -1.71. The number of hydrogen-bond acceptors (Lipinski definition) is 5. The maximum atomic E-state index is 12.5. The third-order valence-electron chi connectivity index (χ3n) is 3.57. The van der Waals surface area contributed by atoms with E-state index in [1.165, 1.54) is 6.20 Å². The summed E-state index contributed by atoms with van der Waals surface area (Å²) < 4.78 is 25.0. The number of nitriles is 1. The average molecular weight is 305 g/mol. The zero-order valence-electron chi connectivity index (χ0n) is 12.3. The van der Waals surface area contributed by atoms with Gasteiger partial charge < -0.3 is 9.80 Å². The van der Waals surface area contributed by atoms with Crippen LogP contribution < -0.4 is 0 Å². The highest BCUT2D eigenvalue weighted by molar-refractivity contribution is 7.95. The molecule has 112 valence electrons. The van der Waals surface area contributed by atoms with Crippen LogP contribution in [-0.2, 0) is 9.84 Å². The van der Waals surface area contributed by atoms with Crippen LogP contribution in [0.25, 0.3) is 0 Å². The van der Waals surface area contributed by atoms with E-state index in [4.69, 9.17) is 0 Å². The lowest BCUT2D eigenvalue weighted by atomic mass is 10.2. The van der Waals surface area contributed by atoms with Crippen molar-refractivity contribution < 1.29 is 8.42 Å². The fourth-order valence-corrected chi connectivity index (χ4v) is 3.28. The number of sulfone groups is 1. The van der Waals surface area contributed by atoms with Crippen molar-refractivity contribution in [3.63, 3.8) is 0 Å². The Hall–Kier alpha value is -1.84. The zero-order valence-corrected chi connectivity index (χ0v) is 13.1. The van der Waals surface area contributed by atoms with Crippen LogP contribution in [0.4, 0.5) is 0 Å². The standard InChI is InChI=1S/C15H19N3O2S/c1-13-3-5-14(6-4-13)21(19,20)15(11-16)12-18-9-7-17(2)8-10-18/h3-6,12H,7-10H2,1-2H3/b15-12+. The Kier molecular flexibility index (Phi) is 4.66. The normalized spacial score (nSPS) is 17.6. The average Bonchev–Trinajstić information content (AvgIpc) is 2.47. The maximum Gasteiger partial charge on any atom is 0.218 e. The van der Waals surface area contributed by atoms with Crippen molar-refractivity contribution >= 4 is 9.84 Å². The molecule has 0 spiro atoms. The van der Waals surface area contributed by atoms with Gasteiger partial charge in [0.15, 0.2) is 4.91 Å². The first-order valence-corrected chi connectivity index (χ1v) is 8.28. The lowest BCUT2D eigenvalue weighted by Gasteiger charge is -2.31. The third-order valence-corrected chi connectivity index (χ3v) is 5.24. The number of benzene rings is 1. The Morgan fingerprint density at radius 2 is 1.76 bits per heavy atom. The number of piperazine rings is 1. The molecule has 1 saturated heterocycles. The summed E-state index contributed by atoms with van der Waals surface area (Å²) in [5.74, 6) is 0. The van der Waals surface area contributed by atoms with Crippen molar-refractivity contribution in [3.8, 4) is 6.07 Å². The lowest BCUT2D eigenvalue weighted by molar-refractivity contribution is 0.198. The Bertz CT molecular complexity index is 664. The van der Waals surface area contributed by atoms with Crippen LogP contribution >= 0.6 is 0 Å². The number of rotatable bonds is 3. The molecule has 2 rings (SSSR count). The van der Waals surface area contributed by atoms with E-state index in [0.717, 1.165) is 31.7 Å². The van der Waals surface area contributed by atoms with Crippen LogP contribution in [-0.4, -0.2) is 51.4 Å². The number of hydrogen-bond donors (Lipinski definition) is 0. The van der Waals surface area contributed by atoms with Gasteiger partial charge >= 0.3 is 0 Å². The van der Waals surface area contributed by atoms with Crippen molar-refractivity contribution in [3.05, 3.63) is 40.9 Å². The SMILES string of the molecule is Cc1ccc(S(=O)(=O)/C(C#N)=C/N2CCN(C)CC2)cc1. The minimum Gasteiger partial charge on any atom is -0.373 e. The topological polar surface area (TPSA) is 64.4 Å². The monoisotopic (exact) mass is 305 g/mol. The number of nitrogens with zero attached hydrogens (tertiary/aromatic N) is 3. The first-order chi connectivity index (χ1) is 9.93. The second-order valence-electron chi connectivity index (χ2n) is 5.26. The van der Waals surface area contributed by atoms with Crippen molar-refractivity contribution in [1.29, 1.82) is 5.26 Å². The molecule has 0 amide bonds. The predicted molar refractivity (Wildman–Crippen MR) is 81.1 cm³/mol. The summed E-state index contributed by atoms with van der Waals surface area (Å²) in [6.07, 6.45) is 1.47. The van der Waals surface area contributed by atoms with Crippen molar-refractivity contribution in [2.45, 2.75) is 11.8 Å². The van der Waals surface area contributed by atoms with Gasteiger partial charge in [-0.05, 0) is 26.1 Å². The summed E-state index contributed by atoms with van der Waals surface area (Å²) in [6.45, 7) is 5.07. The summed E-state index contributed by atoms with van der Waals surface area (Å²) >= 11 is 0. The molecule has 0 bridgehead atoms. The van der Waals surface area contributed by atoms with Crippen LogP contribution in [0.2, 0.25) is 0 Å². The molecule has 1 heterocycles. The van der Waals surface area contributed by atoms with Gasteiger partial charge in [0.05, 0.1) is 4.90 Å². The fraction of sp³-hybridized carbons (Fsp3) is 0.400. The van der Waals surface area contributed by atoms with E-state index in [1.54, 1.807) is 24.3 Å². The van der Waals surface area contributed by atoms with E-state index in [2.05, 4.69) is 4.90 Å². The molecule has 0 atom stereocenters. The van der Waals surface area contributed by atoms with Gasteiger partial charge in [0, 0.05) is 32.4 Å². The Morgan fingerprint density at radius 3 is 2.29 bits per heavy atom. The molecule has 0 unspecified atom stereocenters. The van der Waals surface area contributed by atoms with Crippen LogP contribution in [0.15, 0.2) is 40.3 Å². The summed E-state index contributed by atoms with van der Waals surface area (Å²) in [5, 5.41) is 9.23. The number of likely N-dealkylation sites (N-methyl/N-ethyl adjacent to an activating group) is 1. The molecule has 1 aliphatic heterocycles. The molecular formula is C15H19N3O2S. The minimum atomic E-state index is -3.74. The van der Waals surface area contributed by atoms with E-state index in [0.29, 0.717) is 0 Å². The Morgan fingerprint density at radius 1 is 1.19 bits per heavy atom. The van der Waals surface area contributed by atoms with E-state index < -0.39 is 9.84 Å². The first-order valence-electron chi connectivity index (χ1n) is 6.80. The molecular weight excluding hydrogens is 286 g/mol. The molecule has 0 saturated carbocycles. The van der Waals surface area contributed by atoms with E-state index in [1.807, 2.05) is 24.9 Å². The number of allylic oxidation sites excluding steroid dienone is 1. The van der Waals surface area contributed by atoms with Crippen molar-refractivity contribution in [1.82, 2.24) is 9.80 Å². The molecule has 21 heavy (non-hydrogen) atoms. The molecule has 0 aliphatic carbocycles. The third kappa shape index (κ3) is 3.63. The quantitative estimate of drug-likeness (QED) is 0.789. The maximum absolute atomic E-state index is 12.5. The highest BCUT2D eigenvalue weighted by Crippen LogP contribution is 2.20. The summed E-state index contributed by atoms with van der Waals surface area (Å²) in [4.78, 5) is 4.03. The van der Waals surface area contributed by atoms with Crippen LogP contribution in [0, 0.1) is 18.3 Å². The van der Waals surface area contributed by atoms with Crippen molar-refractivity contribution in [2.75, 3.05) is 33.2 Å². The van der Waals surface area contributed by atoms with E-state index in [9.17, 15) is 13.7 Å².